The molecule has 0 saturated heterocycles. The highest BCUT2D eigenvalue weighted by atomic mass is 15.0. The summed E-state index contributed by atoms with van der Waals surface area (Å²) in [6.45, 7) is 14.4. The third-order valence-corrected chi connectivity index (χ3v) is 8.23. The molecule has 0 unspecified atom stereocenters. The third kappa shape index (κ3) is 9.83. The predicted molar refractivity (Wildman–Crippen MR) is 224 cm³/mol. The summed E-state index contributed by atoms with van der Waals surface area (Å²) in [6, 6.07) is 40.2. The predicted octanol–water partition coefficient (Wildman–Crippen LogP) is 11.4. The maximum atomic E-state index is 6.82. The molecule has 2 heterocycles. The molecule has 0 bridgehead atoms. The lowest BCUT2D eigenvalue weighted by atomic mass is 9.96. The first-order valence-electron chi connectivity index (χ1n) is 18.0. The Balaban J connectivity index is 0.00000266. The van der Waals surface area contributed by atoms with Gasteiger partial charge in [0.15, 0.2) is 11.7 Å². The SMILES string of the molecule is C=C(N=C(N=C(N)c1cc(-c2ccc(-c3cc(C(/C=C\C)=C/CC)cc(C)n3)cc2)cc(-c2ncccn2)c1)c1ccccc1)c1ccccc1.CC. The molecule has 264 valence electrons. The number of nitrogens with zero attached hydrogens (tertiary/aromatic N) is 5. The first kappa shape index (κ1) is 37.7. The first-order valence-corrected chi connectivity index (χ1v) is 18.0. The van der Waals surface area contributed by atoms with Crippen LogP contribution >= 0.6 is 0 Å². The van der Waals surface area contributed by atoms with Crippen molar-refractivity contribution in [3.63, 3.8) is 0 Å². The van der Waals surface area contributed by atoms with Gasteiger partial charge in [-0.3, -0.25) is 4.98 Å². The van der Waals surface area contributed by atoms with Gasteiger partial charge in [-0.25, -0.2) is 20.0 Å². The van der Waals surface area contributed by atoms with Crippen LogP contribution in [0.1, 0.15) is 62.1 Å². The van der Waals surface area contributed by atoms with Crippen molar-refractivity contribution < 1.29 is 0 Å². The number of aryl methyl sites for hydroxylation is 1. The molecule has 53 heavy (non-hydrogen) atoms. The van der Waals surface area contributed by atoms with E-state index in [-0.39, 0.29) is 0 Å². The van der Waals surface area contributed by atoms with E-state index in [1.165, 1.54) is 5.57 Å². The number of aromatic nitrogens is 3. The van der Waals surface area contributed by atoms with Crippen LogP contribution in [0.2, 0.25) is 0 Å². The number of hydrogen-bond donors (Lipinski definition) is 1. The number of hydrogen-bond acceptors (Lipinski definition) is 4. The topological polar surface area (TPSA) is 89.4 Å². The minimum atomic E-state index is 0.308. The molecule has 6 heteroatoms. The van der Waals surface area contributed by atoms with Gasteiger partial charge in [-0.2, -0.15) is 0 Å². The maximum absolute atomic E-state index is 6.82. The Morgan fingerprint density at radius 1 is 0.679 bits per heavy atom. The fourth-order valence-electron chi connectivity index (χ4n) is 5.76. The summed E-state index contributed by atoms with van der Waals surface area (Å²) in [6.07, 6.45) is 10.9. The highest BCUT2D eigenvalue weighted by Crippen LogP contribution is 2.30. The van der Waals surface area contributed by atoms with Gasteiger partial charge in [-0.05, 0) is 84.5 Å². The lowest BCUT2D eigenvalue weighted by molar-refractivity contribution is 1.18. The summed E-state index contributed by atoms with van der Waals surface area (Å²) in [5.41, 5.74) is 17.9. The van der Waals surface area contributed by atoms with Gasteiger partial charge in [0.25, 0.3) is 0 Å². The zero-order valence-electron chi connectivity index (χ0n) is 31.2. The zero-order valence-corrected chi connectivity index (χ0v) is 31.2. The van der Waals surface area contributed by atoms with Crippen molar-refractivity contribution in [1.29, 1.82) is 0 Å². The monoisotopic (exact) mass is 694 g/mol. The average Bonchev–Trinajstić information content (AvgIpc) is 3.22. The van der Waals surface area contributed by atoms with Crippen LogP contribution in [0.15, 0.2) is 169 Å². The molecule has 2 N–H and O–H groups in total. The molecule has 6 rings (SSSR count). The lowest BCUT2D eigenvalue weighted by Crippen LogP contribution is -2.17. The lowest BCUT2D eigenvalue weighted by Gasteiger charge is -2.12. The number of aliphatic imine (C=N–C) groups is 2. The van der Waals surface area contributed by atoms with Gasteiger partial charge in [0.1, 0.15) is 5.84 Å². The second-order valence-electron chi connectivity index (χ2n) is 12.0. The molecule has 4 aromatic carbocycles. The fraction of sp³-hybridized carbons (Fsp3) is 0.128. The van der Waals surface area contributed by atoms with Gasteiger partial charge < -0.3 is 5.73 Å². The summed E-state index contributed by atoms with van der Waals surface area (Å²) in [7, 11) is 0. The van der Waals surface area contributed by atoms with Crippen LogP contribution < -0.4 is 5.73 Å². The van der Waals surface area contributed by atoms with Gasteiger partial charge >= 0.3 is 0 Å². The minimum Gasteiger partial charge on any atom is -0.383 e. The van der Waals surface area contributed by atoms with E-state index in [1.807, 2.05) is 100 Å². The largest absolute Gasteiger partial charge is 0.383 e. The normalized spacial score (nSPS) is 12.0. The van der Waals surface area contributed by atoms with E-state index in [1.54, 1.807) is 18.5 Å². The number of allylic oxidation sites excluding steroid dienone is 4. The average molecular weight is 695 g/mol. The highest BCUT2D eigenvalue weighted by molar-refractivity contribution is 6.12. The molecule has 0 saturated carbocycles. The highest BCUT2D eigenvalue weighted by Gasteiger charge is 2.13. The van der Waals surface area contributed by atoms with E-state index >= 15 is 0 Å². The van der Waals surface area contributed by atoms with Gasteiger partial charge in [-0.15, -0.1) is 0 Å². The Kier molecular flexibility index (Phi) is 13.3. The Labute approximate surface area is 314 Å². The molecule has 0 aliphatic rings. The molecule has 0 amide bonds. The fourth-order valence-corrected chi connectivity index (χ4v) is 5.76. The molecule has 2 aromatic heterocycles. The molecule has 0 spiro atoms. The summed E-state index contributed by atoms with van der Waals surface area (Å²) in [5, 5.41) is 0. The van der Waals surface area contributed by atoms with E-state index in [0.717, 1.165) is 62.3 Å². The number of benzene rings is 4. The van der Waals surface area contributed by atoms with Gasteiger partial charge in [-0.1, -0.05) is 131 Å². The van der Waals surface area contributed by atoms with E-state index in [4.69, 9.17) is 20.7 Å². The van der Waals surface area contributed by atoms with Crippen molar-refractivity contribution in [3.05, 3.63) is 186 Å². The number of pyridine rings is 1. The molecule has 0 aliphatic carbocycles. The minimum absolute atomic E-state index is 0.308. The van der Waals surface area contributed by atoms with Crippen LogP contribution in [-0.2, 0) is 0 Å². The van der Waals surface area contributed by atoms with Crippen molar-refractivity contribution in [1.82, 2.24) is 15.0 Å². The maximum Gasteiger partial charge on any atom is 0.162 e. The molecule has 0 atom stereocenters. The quantitative estimate of drug-likeness (QED) is 0.0878. The smallest absolute Gasteiger partial charge is 0.162 e. The first-order chi connectivity index (χ1) is 25.9. The van der Waals surface area contributed by atoms with Crippen molar-refractivity contribution in [2.24, 2.45) is 15.7 Å². The van der Waals surface area contributed by atoms with E-state index in [0.29, 0.717) is 23.2 Å². The van der Waals surface area contributed by atoms with E-state index in [9.17, 15) is 0 Å². The Hall–Kier alpha value is -6.53. The van der Waals surface area contributed by atoms with Crippen LogP contribution in [0.3, 0.4) is 0 Å². The van der Waals surface area contributed by atoms with Crippen LogP contribution in [0.4, 0.5) is 0 Å². The Bertz CT molecular complexity index is 2250. The van der Waals surface area contributed by atoms with Crippen molar-refractivity contribution in [2.75, 3.05) is 0 Å². The summed E-state index contributed by atoms with van der Waals surface area (Å²) in [5.74, 6) is 1.36. The molecular weight excluding hydrogens is 649 g/mol. The second kappa shape index (κ2) is 18.6. The van der Waals surface area contributed by atoms with Crippen LogP contribution in [0.25, 0.3) is 45.0 Å². The molecule has 0 fully saturated rings. The van der Waals surface area contributed by atoms with Crippen molar-refractivity contribution >= 4 is 22.9 Å². The summed E-state index contributed by atoms with van der Waals surface area (Å²) >= 11 is 0. The third-order valence-electron chi connectivity index (χ3n) is 8.23. The number of amidine groups is 2. The number of rotatable bonds is 10. The van der Waals surface area contributed by atoms with Crippen LogP contribution in [0, 0.1) is 6.92 Å². The van der Waals surface area contributed by atoms with Gasteiger partial charge in [0, 0.05) is 40.3 Å². The molecular formula is C47H46N6. The van der Waals surface area contributed by atoms with Gasteiger partial charge in [0.2, 0.25) is 0 Å². The standard InChI is InChI=1S/C45H40N6.C2H6/c1-5-14-34(15-6-2)38-26-31(3)49-42(30-38)36-22-20-35(21-23-36)39-27-40(29-41(28-39)44-47-24-13-25-48-44)43(46)51-45(37-18-11-8-12-19-37)50-32(4)33-16-9-7-10-17-33;1-2/h5,7-30H,4,6H2,1-3H3,(H2,46,50,51);1-2H3/b14-5-,34-15+;. The molecule has 0 radical (unpaired) electrons. The number of nitrogens with two attached hydrogens (primary N) is 1. The molecule has 0 aliphatic heterocycles. The second-order valence-corrected chi connectivity index (χ2v) is 12.0. The molecule has 6 nitrogen and oxygen atoms in total. The van der Waals surface area contributed by atoms with Gasteiger partial charge in [0.05, 0.1) is 11.4 Å². The molecule has 6 aromatic rings. The summed E-state index contributed by atoms with van der Waals surface area (Å²) in [4.78, 5) is 23.7. The van der Waals surface area contributed by atoms with Crippen molar-refractivity contribution in [2.45, 2.75) is 41.0 Å². The van der Waals surface area contributed by atoms with Crippen LogP contribution in [0.5, 0.6) is 0 Å². The zero-order chi connectivity index (χ0) is 37.6. The summed E-state index contributed by atoms with van der Waals surface area (Å²) < 4.78 is 0. The Morgan fingerprint density at radius 2 is 1.30 bits per heavy atom. The van der Waals surface area contributed by atoms with E-state index in [2.05, 4.69) is 84.2 Å². The Morgan fingerprint density at radius 3 is 1.94 bits per heavy atom. The van der Waals surface area contributed by atoms with E-state index < -0.39 is 0 Å². The van der Waals surface area contributed by atoms with Crippen molar-refractivity contribution in [3.8, 4) is 33.8 Å². The van der Waals surface area contributed by atoms with Crippen LogP contribution in [-0.4, -0.2) is 26.6 Å².